The summed E-state index contributed by atoms with van der Waals surface area (Å²) in [5.74, 6) is -0.367. The van der Waals surface area contributed by atoms with E-state index in [9.17, 15) is 13.2 Å². The number of nitrogens with one attached hydrogen (secondary N) is 1. The molecule has 1 amide bonds. The Kier molecular flexibility index (Phi) is 5.73. The molecule has 0 bridgehead atoms. The van der Waals surface area contributed by atoms with Crippen LogP contribution in [0.15, 0.2) is 71.6 Å². The Labute approximate surface area is 185 Å². The first-order chi connectivity index (χ1) is 14.4. The average Bonchev–Trinajstić information content (AvgIpc) is 2.75. The van der Waals surface area contributed by atoms with Gasteiger partial charge in [-0.1, -0.05) is 41.4 Å². The molecule has 4 rings (SSSR count). The highest BCUT2D eigenvalue weighted by Gasteiger charge is 2.28. The summed E-state index contributed by atoms with van der Waals surface area (Å²) < 4.78 is 27.8. The topological polar surface area (TPSA) is 66.5 Å². The molecule has 0 unspecified atom stereocenters. The Morgan fingerprint density at radius 1 is 0.933 bits per heavy atom. The molecule has 30 heavy (non-hydrogen) atoms. The van der Waals surface area contributed by atoms with Gasteiger partial charge in [0.15, 0.2) is 0 Å². The average molecular weight is 461 g/mol. The summed E-state index contributed by atoms with van der Waals surface area (Å²) in [5.41, 5.74) is 2.58. The van der Waals surface area contributed by atoms with Crippen molar-refractivity contribution in [2.45, 2.75) is 17.7 Å². The molecule has 3 aromatic rings. The van der Waals surface area contributed by atoms with Gasteiger partial charge in [-0.15, -0.1) is 0 Å². The lowest BCUT2D eigenvalue weighted by molar-refractivity contribution is 0.102. The molecule has 0 atom stereocenters. The van der Waals surface area contributed by atoms with Crippen LogP contribution in [0, 0.1) is 0 Å². The second kappa shape index (κ2) is 8.30. The van der Waals surface area contributed by atoms with Crippen molar-refractivity contribution >= 4 is 50.5 Å². The highest BCUT2D eigenvalue weighted by molar-refractivity contribution is 7.92. The summed E-state index contributed by atoms with van der Waals surface area (Å²) in [6, 6.07) is 18.3. The van der Waals surface area contributed by atoms with E-state index in [-0.39, 0.29) is 15.8 Å². The quantitative estimate of drug-likeness (QED) is 0.567. The molecule has 8 heteroatoms. The number of carbonyl (C=O) groups excluding carboxylic acids is 1. The van der Waals surface area contributed by atoms with Crippen LogP contribution in [0.3, 0.4) is 0 Å². The van der Waals surface area contributed by atoms with Crippen LogP contribution in [0.25, 0.3) is 0 Å². The molecule has 0 radical (unpaired) electrons. The number of rotatable bonds is 4. The largest absolute Gasteiger partial charge is 0.322 e. The number of amides is 1. The van der Waals surface area contributed by atoms with Gasteiger partial charge in [0.05, 0.1) is 20.6 Å². The van der Waals surface area contributed by atoms with Gasteiger partial charge in [0.25, 0.3) is 15.9 Å². The number of sulfonamides is 1. The third-order valence-electron chi connectivity index (χ3n) is 4.95. The minimum atomic E-state index is -3.69. The van der Waals surface area contributed by atoms with E-state index in [1.54, 1.807) is 24.3 Å². The summed E-state index contributed by atoms with van der Waals surface area (Å²) in [4.78, 5) is 12.6. The maximum absolute atomic E-state index is 13.2. The van der Waals surface area contributed by atoms with Gasteiger partial charge in [-0.25, -0.2) is 8.42 Å². The lowest BCUT2D eigenvalue weighted by atomic mass is 10.0. The molecule has 1 aliphatic heterocycles. The van der Waals surface area contributed by atoms with Crippen LogP contribution >= 0.6 is 23.2 Å². The van der Waals surface area contributed by atoms with Crippen LogP contribution in [0.2, 0.25) is 10.0 Å². The zero-order chi connectivity index (χ0) is 21.3. The van der Waals surface area contributed by atoms with Crippen LogP contribution in [-0.2, 0) is 16.4 Å². The Morgan fingerprint density at radius 2 is 1.67 bits per heavy atom. The van der Waals surface area contributed by atoms with Gasteiger partial charge in [0.1, 0.15) is 0 Å². The van der Waals surface area contributed by atoms with Gasteiger partial charge in [-0.2, -0.15) is 0 Å². The third-order valence-corrected chi connectivity index (χ3v) is 7.52. The molecule has 0 saturated heterocycles. The highest BCUT2D eigenvalue weighted by Crippen LogP contribution is 2.32. The SMILES string of the molecule is O=C(Nc1ccc(S(=O)(=O)N2CCCc3ccccc32)cc1)c1ccc(Cl)c(Cl)c1. The van der Waals surface area contributed by atoms with Crippen molar-refractivity contribution in [3.8, 4) is 0 Å². The van der Waals surface area contributed by atoms with Crippen molar-refractivity contribution in [3.05, 3.63) is 87.9 Å². The second-order valence-corrected chi connectivity index (χ2v) is 9.59. The zero-order valence-corrected chi connectivity index (χ0v) is 18.1. The number of anilines is 2. The molecule has 3 aromatic carbocycles. The van der Waals surface area contributed by atoms with Crippen molar-refractivity contribution in [2.24, 2.45) is 0 Å². The Balaban J connectivity index is 1.55. The van der Waals surface area contributed by atoms with E-state index in [0.717, 1.165) is 24.1 Å². The van der Waals surface area contributed by atoms with E-state index < -0.39 is 10.0 Å². The molecule has 1 aliphatic rings. The number of fused-ring (bicyclic) bond motifs is 1. The van der Waals surface area contributed by atoms with Crippen LogP contribution in [0.4, 0.5) is 11.4 Å². The van der Waals surface area contributed by atoms with Gasteiger partial charge in [0.2, 0.25) is 0 Å². The van der Waals surface area contributed by atoms with E-state index in [0.29, 0.717) is 22.8 Å². The van der Waals surface area contributed by atoms with E-state index in [1.165, 1.54) is 22.5 Å². The van der Waals surface area contributed by atoms with Crippen LogP contribution in [0.1, 0.15) is 22.3 Å². The van der Waals surface area contributed by atoms with E-state index >= 15 is 0 Å². The van der Waals surface area contributed by atoms with Gasteiger partial charge in [0, 0.05) is 17.8 Å². The number of para-hydroxylation sites is 1. The third kappa shape index (κ3) is 4.03. The number of hydrogen-bond acceptors (Lipinski definition) is 3. The van der Waals surface area contributed by atoms with Crippen molar-refractivity contribution in [1.82, 2.24) is 0 Å². The number of aryl methyl sites for hydroxylation is 1. The lowest BCUT2D eigenvalue weighted by Crippen LogP contribution is -2.35. The molecule has 0 fully saturated rings. The zero-order valence-electron chi connectivity index (χ0n) is 15.8. The molecular formula is C22H18Cl2N2O3S. The van der Waals surface area contributed by atoms with E-state index in [2.05, 4.69) is 5.32 Å². The van der Waals surface area contributed by atoms with Crippen molar-refractivity contribution < 1.29 is 13.2 Å². The lowest BCUT2D eigenvalue weighted by Gasteiger charge is -2.30. The van der Waals surface area contributed by atoms with Crippen molar-refractivity contribution in [2.75, 3.05) is 16.2 Å². The second-order valence-electron chi connectivity index (χ2n) is 6.92. The number of hydrogen-bond donors (Lipinski definition) is 1. The minimum absolute atomic E-state index is 0.173. The summed E-state index contributed by atoms with van der Waals surface area (Å²) in [6.07, 6.45) is 1.63. The fraction of sp³-hybridized carbons (Fsp3) is 0.136. The maximum atomic E-state index is 13.2. The first-order valence-corrected chi connectivity index (χ1v) is 11.5. The van der Waals surface area contributed by atoms with Crippen LogP contribution in [-0.4, -0.2) is 20.9 Å². The van der Waals surface area contributed by atoms with Gasteiger partial charge in [-0.3, -0.25) is 9.10 Å². The molecule has 1 heterocycles. The van der Waals surface area contributed by atoms with Crippen molar-refractivity contribution in [3.63, 3.8) is 0 Å². The highest BCUT2D eigenvalue weighted by atomic mass is 35.5. The summed E-state index contributed by atoms with van der Waals surface area (Å²) in [6.45, 7) is 0.440. The summed E-state index contributed by atoms with van der Waals surface area (Å²) in [7, 11) is -3.69. The predicted molar refractivity (Wildman–Crippen MR) is 120 cm³/mol. The Hall–Kier alpha value is -2.54. The number of nitrogens with zero attached hydrogens (tertiary/aromatic N) is 1. The van der Waals surface area contributed by atoms with Gasteiger partial charge >= 0.3 is 0 Å². The number of benzene rings is 3. The normalized spacial score (nSPS) is 13.6. The Bertz CT molecular complexity index is 1210. The molecule has 0 spiro atoms. The van der Waals surface area contributed by atoms with E-state index in [4.69, 9.17) is 23.2 Å². The fourth-order valence-electron chi connectivity index (χ4n) is 3.43. The Morgan fingerprint density at radius 3 is 2.40 bits per heavy atom. The summed E-state index contributed by atoms with van der Waals surface area (Å²) in [5, 5.41) is 3.38. The molecule has 0 saturated carbocycles. The molecule has 1 N–H and O–H groups in total. The van der Waals surface area contributed by atoms with E-state index in [1.807, 2.05) is 24.3 Å². The first kappa shape index (κ1) is 20.7. The molecular weight excluding hydrogens is 443 g/mol. The fourth-order valence-corrected chi connectivity index (χ4v) is 5.27. The van der Waals surface area contributed by atoms with Gasteiger partial charge in [-0.05, 0) is 66.9 Å². The molecule has 0 aromatic heterocycles. The smallest absolute Gasteiger partial charge is 0.264 e. The number of halogens is 2. The first-order valence-electron chi connectivity index (χ1n) is 9.33. The minimum Gasteiger partial charge on any atom is -0.322 e. The van der Waals surface area contributed by atoms with Crippen LogP contribution < -0.4 is 9.62 Å². The number of carbonyl (C=O) groups is 1. The standard InChI is InChI=1S/C22H18Cl2N2O3S/c23-19-12-7-16(14-20(19)24)22(27)25-17-8-10-18(11-9-17)30(28,29)26-13-3-5-15-4-1-2-6-21(15)26/h1-2,4,6-12,14H,3,5,13H2,(H,25,27). The summed E-state index contributed by atoms with van der Waals surface area (Å²) >= 11 is 11.8. The van der Waals surface area contributed by atoms with Crippen LogP contribution in [0.5, 0.6) is 0 Å². The molecule has 0 aliphatic carbocycles. The predicted octanol–water partition coefficient (Wildman–Crippen LogP) is 5.39. The molecule has 154 valence electrons. The maximum Gasteiger partial charge on any atom is 0.264 e. The monoisotopic (exact) mass is 460 g/mol. The molecule has 5 nitrogen and oxygen atoms in total. The van der Waals surface area contributed by atoms with Crippen molar-refractivity contribution in [1.29, 1.82) is 0 Å². The van der Waals surface area contributed by atoms with Gasteiger partial charge < -0.3 is 5.32 Å².